The van der Waals surface area contributed by atoms with Crippen LogP contribution in [0.1, 0.15) is 25.7 Å². The lowest BCUT2D eigenvalue weighted by Crippen LogP contribution is -2.40. The van der Waals surface area contributed by atoms with Crippen molar-refractivity contribution in [2.45, 2.75) is 42.7 Å². The van der Waals surface area contributed by atoms with Crippen LogP contribution >= 0.6 is 28.3 Å². The topological polar surface area (TPSA) is 72.2 Å². The van der Waals surface area contributed by atoms with Gasteiger partial charge in [0, 0.05) is 16.6 Å². The highest BCUT2D eigenvalue weighted by Crippen LogP contribution is 2.24. The summed E-state index contributed by atoms with van der Waals surface area (Å²) >= 11 is 3.42. The molecule has 1 saturated carbocycles. The Bertz CT molecular complexity index is 790. The molecule has 1 aliphatic carbocycles. The summed E-state index contributed by atoms with van der Waals surface area (Å²) in [6.07, 6.45) is 3.36. The molecule has 0 amide bonds. The van der Waals surface area contributed by atoms with Gasteiger partial charge in [0.1, 0.15) is 0 Å². The molecule has 3 N–H and O–H groups in total. The van der Waals surface area contributed by atoms with E-state index in [1.54, 1.807) is 12.1 Å². The summed E-state index contributed by atoms with van der Waals surface area (Å²) < 4.78 is 28.9. The van der Waals surface area contributed by atoms with Gasteiger partial charge in [0.05, 0.1) is 4.90 Å². The number of nitrogens with one attached hydrogen (secondary N) is 1. The monoisotopic (exact) mass is 418 g/mol. The van der Waals surface area contributed by atoms with Crippen molar-refractivity contribution in [3.63, 3.8) is 0 Å². The average molecular weight is 420 g/mol. The van der Waals surface area contributed by atoms with E-state index in [2.05, 4.69) is 20.7 Å². The van der Waals surface area contributed by atoms with Crippen LogP contribution in [0.4, 0.5) is 0 Å². The molecule has 1 fully saturated rings. The zero-order chi connectivity index (χ0) is 15.7. The van der Waals surface area contributed by atoms with E-state index in [-0.39, 0.29) is 24.5 Å². The Hall–Kier alpha value is -0.660. The lowest BCUT2D eigenvalue weighted by atomic mass is 9.93. The highest BCUT2D eigenvalue weighted by atomic mass is 79.9. The highest BCUT2D eigenvalue weighted by Gasteiger charge is 2.24. The van der Waals surface area contributed by atoms with E-state index in [9.17, 15) is 8.42 Å². The molecule has 2 aromatic carbocycles. The third-order valence-electron chi connectivity index (χ3n) is 4.18. The van der Waals surface area contributed by atoms with Crippen LogP contribution in [0, 0.1) is 0 Å². The largest absolute Gasteiger partial charge is 0.328 e. The number of benzene rings is 2. The van der Waals surface area contributed by atoms with Crippen molar-refractivity contribution in [3.8, 4) is 0 Å². The van der Waals surface area contributed by atoms with Gasteiger partial charge in [0.25, 0.3) is 0 Å². The molecule has 0 bridgehead atoms. The smallest absolute Gasteiger partial charge is 0.240 e. The van der Waals surface area contributed by atoms with Crippen molar-refractivity contribution < 1.29 is 8.42 Å². The number of rotatable bonds is 3. The first kappa shape index (κ1) is 18.7. The number of hydrogen-bond donors (Lipinski definition) is 2. The zero-order valence-corrected chi connectivity index (χ0v) is 15.8. The predicted molar refractivity (Wildman–Crippen MR) is 99.4 cm³/mol. The second-order valence-electron chi connectivity index (χ2n) is 5.89. The zero-order valence-electron chi connectivity index (χ0n) is 12.5. The van der Waals surface area contributed by atoms with Crippen molar-refractivity contribution in [1.82, 2.24) is 4.72 Å². The molecule has 4 nitrogen and oxygen atoms in total. The molecule has 0 aliphatic heterocycles. The lowest BCUT2D eigenvalue weighted by molar-refractivity contribution is 0.373. The third kappa shape index (κ3) is 4.45. The molecule has 0 atom stereocenters. The van der Waals surface area contributed by atoms with Gasteiger partial charge in [-0.05, 0) is 60.7 Å². The number of fused-ring (bicyclic) bond motifs is 1. The molecule has 1 aliphatic rings. The highest BCUT2D eigenvalue weighted by molar-refractivity contribution is 9.10. The minimum atomic E-state index is -3.48. The van der Waals surface area contributed by atoms with Gasteiger partial charge in [-0.3, -0.25) is 0 Å². The molecule has 3 rings (SSSR count). The van der Waals surface area contributed by atoms with Gasteiger partial charge in [-0.15, -0.1) is 12.4 Å². The summed E-state index contributed by atoms with van der Waals surface area (Å²) in [4.78, 5) is 0.317. The molecule has 7 heteroatoms. The SMILES string of the molecule is Cl.NC1CCC(NS(=O)(=O)c2ccc3cc(Br)ccc3c2)CC1. The molecule has 0 heterocycles. The molecular formula is C16H20BrClN2O2S. The molecule has 2 aromatic rings. The Morgan fingerprint density at radius 3 is 2.30 bits per heavy atom. The van der Waals surface area contributed by atoms with E-state index in [0.717, 1.165) is 40.9 Å². The fourth-order valence-electron chi connectivity index (χ4n) is 2.89. The van der Waals surface area contributed by atoms with Crippen molar-refractivity contribution >= 4 is 49.1 Å². The van der Waals surface area contributed by atoms with Crippen molar-refractivity contribution in [2.75, 3.05) is 0 Å². The summed E-state index contributed by atoms with van der Waals surface area (Å²) in [5.41, 5.74) is 5.87. The van der Waals surface area contributed by atoms with Crippen LogP contribution in [0.25, 0.3) is 10.8 Å². The molecule has 0 aromatic heterocycles. The molecular weight excluding hydrogens is 400 g/mol. The van der Waals surface area contributed by atoms with Crippen LogP contribution in [0.15, 0.2) is 45.8 Å². The van der Waals surface area contributed by atoms with Crippen LogP contribution in [0.3, 0.4) is 0 Å². The van der Waals surface area contributed by atoms with Gasteiger partial charge in [0.15, 0.2) is 0 Å². The fraction of sp³-hybridized carbons (Fsp3) is 0.375. The Labute approximate surface area is 151 Å². The van der Waals surface area contributed by atoms with Gasteiger partial charge in [-0.1, -0.05) is 28.1 Å². The number of nitrogens with two attached hydrogens (primary N) is 1. The molecule has 0 unspecified atom stereocenters. The van der Waals surface area contributed by atoms with Crippen molar-refractivity contribution in [1.29, 1.82) is 0 Å². The van der Waals surface area contributed by atoms with E-state index < -0.39 is 10.0 Å². The average Bonchev–Trinajstić information content (AvgIpc) is 2.49. The summed E-state index contributed by atoms with van der Waals surface area (Å²) in [6, 6.07) is 11.2. The summed E-state index contributed by atoms with van der Waals surface area (Å²) in [6.45, 7) is 0. The van der Waals surface area contributed by atoms with E-state index in [1.165, 1.54) is 0 Å². The number of hydrogen-bond acceptors (Lipinski definition) is 3. The van der Waals surface area contributed by atoms with Gasteiger partial charge in [-0.25, -0.2) is 13.1 Å². The standard InChI is InChI=1S/C16H19BrN2O2S.ClH/c17-13-3-1-12-10-16(8-2-11(12)9-13)22(20,21)19-15-6-4-14(18)5-7-15;/h1-3,8-10,14-15,19H,4-7,18H2;1H. The van der Waals surface area contributed by atoms with E-state index in [4.69, 9.17) is 5.73 Å². The first-order valence-electron chi connectivity index (χ1n) is 7.41. The van der Waals surface area contributed by atoms with Gasteiger partial charge in [0.2, 0.25) is 10.0 Å². The Balaban J connectivity index is 0.00000192. The predicted octanol–water partition coefficient (Wildman–Crippen LogP) is 3.57. The first-order chi connectivity index (χ1) is 10.4. The van der Waals surface area contributed by atoms with Gasteiger partial charge in [-0.2, -0.15) is 0 Å². The maximum atomic E-state index is 12.5. The molecule has 126 valence electrons. The van der Waals surface area contributed by atoms with E-state index >= 15 is 0 Å². The van der Waals surface area contributed by atoms with E-state index in [0.29, 0.717) is 4.90 Å². The summed E-state index contributed by atoms with van der Waals surface area (Å²) in [5, 5.41) is 1.92. The summed E-state index contributed by atoms with van der Waals surface area (Å²) in [5.74, 6) is 0. The van der Waals surface area contributed by atoms with Crippen LogP contribution in [0.2, 0.25) is 0 Å². The maximum absolute atomic E-state index is 12.5. The summed E-state index contributed by atoms with van der Waals surface area (Å²) in [7, 11) is -3.48. The Morgan fingerprint density at radius 1 is 1.00 bits per heavy atom. The number of sulfonamides is 1. The van der Waals surface area contributed by atoms with Crippen molar-refractivity contribution in [2.24, 2.45) is 5.73 Å². The second-order valence-corrected chi connectivity index (χ2v) is 8.52. The minimum Gasteiger partial charge on any atom is -0.328 e. The van der Waals surface area contributed by atoms with Crippen molar-refractivity contribution in [3.05, 3.63) is 40.9 Å². The Kier molecular flexibility index (Phi) is 6.08. The van der Waals surface area contributed by atoms with Gasteiger partial charge >= 0.3 is 0 Å². The third-order valence-corrected chi connectivity index (χ3v) is 6.19. The molecule has 0 spiro atoms. The van der Waals surface area contributed by atoms with Crippen LogP contribution in [-0.2, 0) is 10.0 Å². The normalized spacial score (nSPS) is 21.8. The van der Waals surface area contributed by atoms with Crippen LogP contribution < -0.4 is 10.5 Å². The number of halogens is 2. The quantitative estimate of drug-likeness (QED) is 0.799. The fourth-order valence-corrected chi connectivity index (χ4v) is 4.61. The minimum absolute atomic E-state index is 0. The Morgan fingerprint density at radius 2 is 1.61 bits per heavy atom. The second kappa shape index (κ2) is 7.49. The van der Waals surface area contributed by atoms with E-state index in [1.807, 2.05) is 24.3 Å². The van der Waals surface area contributed by atoms with Crippen LogP contribution in [-0.4, -0.2) is 20.5 Å². The van der Waals surface area contributed by atoms with Gasteiger partial charge < -0.3 is 5.73 Å². The molecule has 0 saturated heterocycles. The lowest BCUT2D eigenvalue weighted by Gasteiger charge is -2.26. The molecule has 0 radical (unpaired) electrons. The maximum Gasteiger partial charge on any atom is 0.240 e. The molecule has 23 heavy (non-hydrogen) atoms. The van der Waals surface area contributed by atoms with Crippen LogP contribution in [0.5, 0.6) is 0 Å². The first-order valence-corrected chi connectivity index (χ1v) is 9.69.